The summed E-state index contributed by atoms with van der Waals surface area (Å²) in [6.07, 6.45) is 2.30. The number of aryl methyl sites for hydroxylation is 2. The highest BCUT2D eigenvalue weighted by Gasteiger charge is 1.98. The topological polar surface area (TPSA) is 12.9 Å². The number of hydrogen-bond acceptors (Lipinski definition) is 1. The first-order chi connectivity index (χ1) is 4.74. The van der Waals surface area contributed by atoms with Crippen molar-refractivity contribution in [2.45, 2.75) is 20.3 Å². The van der Waals surface area contributed by atoms with Crippen molar-refractivity contribution in [1.82, 2.24) is 4.98 Å². The summed E-state index contributed by atoms with van der Waals surface area (Å²) >= 11 is 0. The minimum atomic E-state index is -0.144. The fourth-order valence-electron chi connectivity index (χ4n) is 0.815. The molecule has 0 aromatic carbocycles. The van der Waals surface area contributed by atoms with E-state index in [1.54, 1.807) is 13.1 Å². The normalized spacial score (nSPS) is 9.90. The molecule has 0 aliphatic rings. The third-order valence-electron chi connectivity index (χ3n) is 1.45. The third-order valence-corrected chi connectivity index (χ3v) is 1.45. The van der Waals surface area contributed by atoms with Crippen LogP contribution in [0.2, 0.25) is 0 Å². The van der Waals surface area contributed by atoms with Crippen molar-refractivity contribution in [1.29, 1.82) is 0 Å². The maximum Gasteiger partial charge on any atom is 0.129 e. The summed E-state index contributed by atoms with van der Waals surface area (Å²) in [4.78, 5) is 3.97. The van der Waals surface area contributed by atoms with Crippen LogP contribution in [0.3, 0.4) is 0 Å². The van der Waals surface area contributed by atoms with Crippen molar-refractivity contribution in [2.75, 3.05) is 0 Å². The Balaban J connectivity index is 3.07. The lowest BCUT2D eigenvalue weighted by Gasteiger charge is -1.97. The smallest absolute Gasteiger partial charge is 0.129 e. The fourth-order valence-corrected chi connectivity index (χ4v) is 0.815. The van der Waals surface area contributed by atoms with Crippen LogP contribution in [0, 0.1) is 12.7 Å². The molecule has 0 saturated heterocycles. The summed E-state index contributed by atoms with van der Waals surface area (Å²) in [6.45, 7) is 3.69. The van der Waals surface area contributed by atoms with Crippen LogP contribution in [-0.4, -0.2) is 4.98 Å². The summed E-state index contributed by atoms with van der Waals surface area (Å²) < 4.78 is 12.8. The van der Waals surface area contributed by atoms with E-state index >= 15 is 0 Å². The molecule has 2 heteroatoms. The van der Waals surface area contributed by atoms with Gasteiger partial charge in [0.15, 0.2) is 0 Å². The van der Waals surface area contributed by atoms with Crippen molar-refractivity contribution >= 4 is 0 Å². The average Bonchev–Trinajstić information content (AvgIpc) is 1.88. The molecule has 0 fully saturated rings. The second-order valence-electron chi connectivity index (χ2n) is 2.27. The van der Waals surface area contributed by atoms with Crippen LogP contribution in [0.1, 0.15) is 18.2 Å². The number of pyridine rings is 1. The maximum absolute atomic E-state index is 12.8. The summed E-state index contributed by atoms with van der Waals surface area (Å²) in [5.41, 5.74) is 1.42. The van der Waals surface area contributed by atoms with Gasteiger partial charge in [-0.05, 0) is 19.4 Å². The molecular weight excluding hydrogens is 129 g/mol. The SMILES string of the molecule is CCc1cnc(C)cc1F. The van der Waals surface area contributed by atoms with Crippen molar-refractivity contribution in [3.63, 3.8) is 0 Å². The Hall–Kier alpha value is -0.920. The van der Waals surface area contributed by atoms with Crippen LogP contribution in [0.5, 0.6) is 0 Å². The molecular formula is C8H10FN. The lowest BCUT2D eigenvalue weighted by atomic mass is 10.2. The number of halogens is 1. The molecule has 0 saturated carbocycles. The molecule has 1 rings (SSSR count). The van der Waals surface area contributed by atoms with Crippen LogP contribution in [0.4, 0.5) is 4.39 Å². The molecule has 0 spiro atoms. The Morgan fingerprint density at radius 1 is 1.60 bits per heavy atom. The van der Waals surface area contributed by atoms with Gasteiger partial charge in [-0.3, -0.25) is 4.98 Å². The second-order valence-corrected chi connectivity index (χ2v) is 2.27. The molecule has 54 valence electrons. The maximum atomic E-state index is 12.8. The van der Waals surface area contributed by atoms with Gasteiger partial charge in [-0.25, -0.2) is 4.39 Å². The van der Waals surface area contributed by atoms with Crippen molar-refractivity contribution in [3.05, 3.63) is 29.3 Å². The Kier molecular flexibility index (Phi) is 2.00. The van der Waals surface area contributed by atoms with Gasteiger partial charge in [0.05, 0.1) is 0 Å². The van der Waals surface area contributed by atoms with Crippen LogP contribution in [0.15, 0.2) is 12.3 Å². The highest BCUT2D eigenvalue weighted by molar-refractivity contribution is 5.15. The molecule has 0 aliphatic carbocycles. The number of rotatable bonds is 1. The molecule has 0 unspecified atom stereocenters. The van der Waals surface area contributed by atoms with Gasteiger partial charge in [0.25, 0.3) is 0 Å². The van der Waals surface area contributed by atoms with Gasteiger partial charge in [-0.1, -0.05) is 6.92 Å². The van der Waals surface area contributed by atoms with E-state index in [2.05, 4.69) is 4.98 Å². The highest BCUT2D eigenvalue weighted by Crippen LogP contribution is 2.06. The standard InChI is InChI=1S/C8H10FN/c1-3-7-5-10-6(2)4-8(7)9/h4-5H,3H2,1-2H3. The van der Waals surface area contributed by atoms with Crippen molar-refractivity contribution in [3.8, 4) is 0 Å². The fraction of sp³-hybridized carbons (Fsp3) is 0.375. The molecule has 0 bridgehead atoms. The summed E-state index contributed by atoms with van der Waals surface area (Å²) in [6, 6.07) is 1.46. The zero-order valence-electron chi connectivity index (χ0n) is 6.19. The first-order valence-corrected chi connectivity index (χ1v) is 3.35. The lowest BCUT2D eigenvalue weighted by molar-refractivity contribution is 0.607. The van der Waals surface area contributed by atoms with Crippen LogP contribution >= 0.6 is 0 Å². The summed E-state index contributed by atoms with van der Waals surface area (Å²) in [5.74, 6) is -0.144. The molecule has 10 heavy (non-hydrogen) atoms. The predicted molar refractivity (Wildman–Crippen MR) is 38.3 cm³/mol. The van der Waals surface area contributed by atoms with Gasteiger partial charge in [0.2, 0.25) is 0 Å². The van der Waals surface area contributed by atoms with Gasteiger partial charge >= 0.3 is 0 Å². The van der Waals surface area contributed by atoms with Crippen molar-refractivity contribution < 1.29 is 4.39 Å². The van der Waals surface area contributed by atoms with E-state index in [0.29, 0.717) is 12.0 Å². The zero-order chi connectivity index (χ0) is 7.56. The highest BCUT2D eigenvalue weighted by atomic mass is 19.1. The Morgan fingerprint density at radius 3 is 2.80 bits per heavy atom. The van der Waals surface area contributed by atoms with E-state index in [9.17, 15) is 4.39 Å². The van der Waals surface area contributed by atoms with E-state index in [1.807, 2.05) is 6.92 Å². The van der Waals surface area contributed by atoms with E-state index in [1.165, 1.54) is 6.07 Å². The molecule has 0 atom stereocenters. The van der Waals surface area contributed by atoms with Crippen LogP contribution in [-0.2, 0) is 6.42 Å². The number of nitrogens with zero attached hydrogens (tertiary/aromatic N) is 1. The third kappa shape index (κ3) is 1.32. The van der Waals surface area contributed by atoms with E-state index in [0.717, 1.165) is 5.69 Å². The Labute approximate surface area is 59.9 Å². The first kappa shape index (κ1) is 7.19. The first-order valence-electron chi connectivity index (χ1n) is 3.35. The van der Waals surface area contributed by atoms with Crippen LogP contribution in [0.25, 0.3) is 0 Å². The Bertz CT molecular complexity index is 233. The molecule has 1 aromatic heterocycles. The minimum absolute atomic E-state index is 0.144. The molecule has 0 aliphatic heterocycles. The molecule has 0 N–H and O–H groups in total. The monoisotopic (exact) mass is 139 g/mol. The van der Waals surface area contributed by atoms with Crippen molar-refractivity contribution in [2.24, 2.45) is 0 Å². The van der Waals surface area contributed by atoms with E-state index in [4.69, 9.17) is 0 Å². The quantitative estimate of drug-likeness (QED) is 0.580. The second kappa shape index (κ2) is 2.78. The van der Waals surface area contributed by atoms with E-state index < -0.39 is 0 Å². The predicted octanol–water partition coefficient (Wildman–Crippen LogP) is 2.09. The number of aromatic nitrogens is 1. The van der Waals surface area contributed by atoms with Gasteiger partial charge < -0.3 is 0 Å². The van der Waals surface area contributed by atoms with Gasteiger partial charge in [-0.15, -0.1) is 0 Å². The summed E-state index contributed by atoms with van der Waals surface area (Å²) in [7, 11) is 0. The largest absolute Gasteiger partial charge is 0.261 e. The zero-order valence-corrected chi connectivity index (χ0v) is 6.19. The Morgan fingerprint density at radius 2 is 2.30 bits per heavy atom. The molecule has 1 heterocycles. The summed E-state index contributed by atoms with van der Waals surface area (Å²) in [5, 5.41) is 0. The van der Waals surface area contributed by atoms with E-state index in [-0.39, 0.29) is 5.82 Å². The molecule has 0 amide bonds. The van der Waals surface area contributed by atoms with Crippen LogP contribution < -0.4 is 0 Å². The molecule has 0 radical (unpaired) electrons. The minimum Gasteiger partial charge on any atom is -0.261 e. The average molecular weight is 139 g/mol. The number of hydrogen-bond donors (Lipinski definition) is 0. The van der Waals surface area contributed by atoms with Gasteiger partial charge in [-0.2, -0.15) is 0 Å². The van der Waals surface area contributed by atoms with Gasteiger partial charge in [0, 0.05) is 17.5 Å². The van der Waals surface area contributed by atoms with Gasteiger partial charge in [0.1, 0.15) is 5.82 Å². The lowest BCUT2D eigenvalue weighted by Crippen LogP contribution is -1.90. The molecule has 1 nitrogen and oxygen atoms in total. The molecule has 1 aromatic rings.